The molecular weight excluding hydrogens is 319 g/mol. The number of carbonyl (C=O) groups is 1. The molecule has 1 aliphatic carbocycles. The molecule has 0 aliphatic heterocycles. The number of nitrogens with one attached hydrogen (secondary N) is 1. The highest BCUT2D eigenvalue weighted by molar-refractivity contribution is 6.30. The van der Waals surface area contributed by atoms with Gasteiger partial charge in [-0.2, -0.15) is 0 Å². The Balaban J connectivity index is 1.81. The highest BCUT2D eigenvalue weighted by atomic mass is 35.5. The molecular formula is C17H24ClFN2O2. The van der Waals surface area contributed by atoms with Crippen molar-refractivity contribution in [2.45, 2.75) is 51.8 Å². The van der Waals surface area contributed by atoms with Crippen LogP contribution in [0.1, 0.15) is 39.2 Å². The number of halogens is 2. The predicted molar refractivity (Wildman–Crippen MR) is 89.1 cm³/mol. The van der Waals surface area contributed by atoms with Crippen molar-refractivity contribution < 1.29 is 13.9 Å². The fourth-order valence-electron chi connectivity index (χ4n) is 2.23. The Morgan fingerprint density at radius 1 is 1.43 bits per heavy atom. The molecule has 6 heteroatoms. The van der Waals surface area contributed by atoms with Gasteiger partial charge in [0.2, 0.25) is 0 Å². The van der Waals surface area contributed by atoms with Crippen molar-refractivity contribution in [2.75, 3.05) is 13.1 Å². The van der Waals surface area contributed by atoms with Crippen LogP contribution >= 0.6 is 11.6 Å². The fraction of sp³-hybridized carbons (Fsp3) is 0.588. The molecule has 0 bridgehead atoms. The molecule has 128 valence electrons. The summed E-state index contributed by atoms with van der Waals surface area (Å²) in [6.45, 7) is 7.06. The van der Waals surface area contributed by atoms with Gasteiger partial charge in [-0.3, -0.25) is 0 Å². The first-order chi connectivity index (χ1) is 10.8. The van der Waals surface area contributed by atoms with E-state index in [1.165, 1.54) is 12.1 Å². The normalized spacial score (nSPS) is 14.7. The zero-order valence-electron chi connectivity index (χ0n) is 13.9. The average Bonchev–Trinajstić information content (AvgIpc) is 3.24. The van der Waals surface area contributed by atoms with E-state index in [9.17, 15) is 9.18 Å². The Kier molecular flexibility index (Phi) is 5.87. The average molecular weight is 343 g/mol. The standard InChI is InChI=1S/C17H24ClFN2O2/c1-17(2,3)23-16(22)21(14-5-6-14)9-8-20-11-12-10-13(18)4-7-15(12)19/h4,7,10,14,20H,5-6,8-9,11H2,1-3H3. The molecule has 1 aromatic rings. The van der Waals surface area contributed by atoms with E-state index in [2.05, 4.69) is 5.32 Å². The van der Waals surface area contributed by atoms with Gasteiger partial charge < -0.3 is 15.0 Å². The maximum absolute atomic E-state index is 13.6. The van der Waals surface area contributed by atoms with Crippen LogP contribution in [0.5, 0.6) is 0 Å². The monoisotopic (exact) mass is 342 g/mol. The van der Waals surface area contributed by atoms with Crippen molar-refractivity contribution in [3.05, 3.63) is 34.6 Å². The molecule has 1 amide bonds. The van der Waals surface area contributed by atoms with E-state index in [1.807, 2.05) is 20.8 Å². The summed E-state index contributed by atoms with van der Waals surface area (Å²) < 4.78 is 19.1. The minimum atomic E-state index is -0.498. The van der Waals surface area contributed by atoms with Gasteiger partial charge in [0.25, 0.3) is 0 Å². The second kappa shape index (κ2) is 7.49. The quantitative estimate of drug-likeness (QED) is 0.795. The van der Waals surface area contributed by atoms with Gasteiger partial charge in [0.15, 0.2) is 0 Å². The van der Waals surface area contributed by atoms with E-state index in [0.29, 0.717) is 30.2 Å². The van der Waals surface area contributed by atoms with Gasteiger partial charge in [-0.1, -0.05) is 11.6 Å². The summed E-state index contributed by atoms with van der Waals surface area (Å²) in [6, 6.07) is 4.76. The van der Waals surface area contributed by atoms with Crippen LogP contribution in [0.4, 0.5) is 9.18 Å². The predicted octanol–water partition coefficient (Wildman–Crippen LogP) is 3.97. The molecule has 0 saturated heterocycles. The molecule has 4 nitrogen and oxygen atoms in total. The molecule has 1 N–H and O–H groups in total. The first-order valence-corrected chi connectivity index (χ1v) is 8.28. The van der Waals surface area contributed by atoms with Crippen molar-refractivity contribution in [3.63, 3.8) is 0 Å². The number of ether oxygens (including phenoxy) is 1. The summed E-state index contributed by atoms with van der Waals surface area (Å²) in [5.74, 6) is -0.284. The number of rotatable bonds is 6. The third kappa shape index (κ3) is 5.99. The van der Waals surface area contributed by atoms with Crippen LogP contribution in [0.15, 0.2) is 18.2 Å². The smallest absolute Gasteiger partial charge is 0.410 e. The van der Waals surface area contributed by atoms with E-state index in [0.717, 1.165) is 12.8 Å². The van der Waals surface area contributed by atoms with E-state index >= 15 is 0 Å². The van der Waals surface area contributed by atoms with E-state index in [1.54, 1.807) is 11.0 Å². The van der Waals surface area contributed by atoms with Crippen molar-refractivity contribution in [3.8, 4) is 0 Å². The molecule has 23 heavy (non-hydrogen) atoms. The Labute approximate surface area is 141 Å². The highest BCUT2D eigenvalue weighted by Gasteiger charge is 2.34. The van der Waals surface area contributed by atoms with E-state index in [4.69, 9.17) is 16.3 Å². The molecule has 1 saturated carbocycles. The van der Waals surface area contributed by atoms with E-state index in [-0.39, 0.29) is 18.0 Å². The van der Waals surface area contributed by atoms with Gasteiger partial charge in [-0.05, 0) is 51.8 Å². The zero-order valence-corrected chi connectivity index (χ0v) is 14.6. The Morgan fingerprint density at radius 2 is 2.13 bits per heavy atom. The minimum Gasteiger partial charge on any atom is -0.444 e. The SMILES string of the molecule is CC(C)(C)OC(=O)N(CCNCc1cc(Cl)ccc1F)C1CC1. The van der Waals surface area contributed by atoms with Gasteiger partial charge in [0.1, 0.15) is 11.4 Å². The molecule has 0 aromatic heterocycles. The van der Waals surface area contributed by atoms with Crippen molar-refractivity contribution in [1.29, 1.82) is 0 Å². The Morgan fingerprint density at radius 3 is 2.74 bits per heavy atom. The third-order valence-corrected chi connectivity index (χ3v) is 3.70. The third-order valence-electron chi connectivity index (χ3n) is 3.47. The number of nitrogens with zero attached hydrogens (tertiary/aromatic N) is 1. The fourth-order valence-corrected chi connectivity index (χ4v) is 2.43. The summed E-state index contributed by atoms with van der Waals surface area (Å²) in [6.07, 6.45) is 1.75. The maximum atomic E-state index is 13.6. The minimum absolute atomic E-state index is 0.273. The summed E-state index contributed by atoms with van der Waals surface area (Å²) in [5.41, 5.74) is 0.0226. The van der Waals surface area contributed by atoms with Gasteiger partial charge in [0, 0.05) is 36.3 Å². The second-order valence-corrected chi connectivity index (χ2v) is 7.25. The van der Waals surface area contributed by atoms with Gasteiger partial charge >= 0.3 is 6.09 Å². The first-order valence-electron chi connectivity index (χ1n) is 7.90. The molecule has 0 heterocycles. The maximum Gasteiger partial charge on any atom is 0.410 e. The number of hydrogen-bond donors (Lipinski definition) is 1. The van der Waals surface area contributed by atoms with Crippen molar-refractivity contribution >= 4 is 17.7 Å². The molecule has 2 rings (SSSR count). The summed E-state index contributed by atoms with van der Waals surface area (Å²) in [7, 11) is 0. The lowest BCUT2D eigenvalue weighted by molar-refractivity contribution is 0.0236. The molecule has 0 atom stereocenters. The molecule has 1 aromatic carbocycles. The number of hydrogen-bond acceptors (Lipinski definition) is 3. The van der Waals surface area contributed by atoms with Crippen LogP contribution in [0.3, 0.4) is 0 Å². The number of benzene rings is 1. The van der Waals surface area contributed by atoms with Crippen LogP contribution < -0.4 is 5.32 Å². The molecule has 1 fully saturated rings. The lowest BCUT2D eigenvalue weighted by Crippen LogP contribution is -2.41. The van der Waals surface area contributed by atoms with E-state index < -0.39 is 5.60 Å². The van der Waals surface area contributed by atoms with Gasteiger partial charge in [-0.25, -0.2) is 9.18 Å². The summed E-state index contributed by atoms with van der Waals surface area (Å²) in [5, 5.41) is 3.66. The van der Waals surface area contributed by atoms with Crippen LogP contribution in [0.25, 0.3) is 0 Å². The Hall–Kier alpha value is -1.33. The molecule has 1 aliphatic rings. The van der Waals surface area contributed by atoms with Gasteiger partial charge in [-0.15, -0.1) is 0 Å². The van der Waals surface area contributed by atoms with Crippen LogP contribution in [0.2, 0.25) is 5.02 Å². The van der Waals surface area contributed by atoms with Gasteiger partial charge in [0.05, 0.1) is 0 Å². The zero-order chi connectivity index (χ0) is 17.0. The molecule has 0 spiro atoms. The Bertz CT molecular complexity index is 556. The lowest BCUT2D eigenvalue weighted by Gasteiger charge is -2.27. The first kappa shape index (κ1) is 18.0. The summed E-state index contributed by atoms with van der Waals surface area (Å²) >= 11 is 5.87. The van der Waals surface area contributed by atoms with Crippen LogP contribution in [-0.2, 0) is 11.3 Å². The van der Waals surface area contributed by atoms with Crippen molar-refractivity contribution in [1.82, 2.24) is 10.2 Å². The second-order valence-electron chi connectivity index (χ2n) is 6.82. The molecule has 0 radical (unpaired) electrons. The lowest BCUT2D eigenvalue weighted by atomic mass is 10.2. The number of carbonyl (C=O) groups excluding carboxylic acids is 1. The topological polar surface area (TPSA) is 41.6 Å². The highest BCUT2D eigenvalue weighted by Crippen LogP contribution is 2.28. The van der Waals surface area contributed by atoms with Crippen molar-refractivity contribution in [2.24, 2.45) is 0 Å². The summed E-state index contributed by atoms with van der Waals surface area (Å²) in [4.78, 5) is 14.0. The van der Waals surface area contributed by atoms with Crippen LogP contribution in [-0.4, -0.2) is 35.7 Å². The number of amides is 1. The molecule has 0 unspecified atom stereocenters. The van der Waals surface area contributed by atoms with Crippen LogP contribution in [0, 0.1) is 5.82 Å². The largest absolute Gasteiger partial charge is 0.444 e.